The van der Waals surface area contributed by atoms with Gasteiger partial charge in [0, 0.05) is 6.54 Å². The highest BCUT2D eigenvalue weighted by Crippen LogP contribution is 2.21. The van der Waals surface area contributed by atoms with Crippen molar-refractivity contribution in [2.75, 3.05) is 19.7 Å². The summed E-state index contributed by atoms with van der Waals surface area (Å²) in [6, 6.07) is 0. The van der Waals surface area contributed by atoms with Crippen LogP contribution in [-0.2, 0) is 4.74 Å². The van der Waals surface area contributed by atoms with Crippen LogP contribution in [0.2, 0.25) is 0 Å². The predicted molar refractivity (Wildman–Crippen MR) is 43.9 cm³/mol. The molecule has 3 atom stereocenters. The lowest BCUT2D eigenvalue weighted by molar-refractivity contribution is 0.154. The first-order valence-corrected chi connectivity index (χ1v) is 4.33. The number of nitrogens with one attached hydrogen (secondary N) is 1. The van der Waals surface area contributed by atoms with E-state index in [1.54, 1.807) is 0 Å². The number of aliphatic hydroxyl groups excluding tert-OH is 1. The van der Waals surface area contributed by atoms with Gasteiger partial charge in [0.15, 0.2) is 0 Å². The molecule has 0 aromatic carbocycles. The minimum Gasteiger partial charge on any atom is -0.390 e. The highest BCUT2D eigenvalue weighted by atomic mass is 35.5. The molecule has 0 saturated carbocycles. The smallest absolute Gasteiger partial charge is 0.0998 e. The Bertz CT molecular complexity index is 119. The van der Waals surface area contributed by atoms with Gasteiger partial charge in [0.2, 0.25) is 0 Å². The molecule has 1 heterocycles. The van der Waals surface area contributed by atoms with Crippen LogP contribution >= 0.6 is 11.6 Å². The van der Waals surface area contributed by atoms with E-state index in [1.807, 2.05) is 6.92 Å². The van der Waals surface area contributed by atoms with E-state index >= 15 is 0 Å². The molecule has 0 radical (unpaired) electrons. The Morgan fingerprint density at radius 1 is 1.82 bits per heavy atom. The highest BCUT2D eigenvalue weighted by molar-refractivity contribution is 6.21. The fraction of sp³-hybridized carbons (Fsp3) is 1.00. The molecule has 3 nitrogen and oxygen atoms in total. The molecule has 0 aliphatic carbocycles. The number of ether oxygens (including phenoxy) is 1. The monoisotopic (exact) mass is 179 g/mol. The Labute approximate surface area is 71.7 Å². The zero-order valence-corrected chi connectivity index (χ0v) is 7.34. The van der Waals surface area contributed by atoms with E-state index in [0.29, 0.717) is 13.2 Å². The van der Waals surface area contributed by atoms with Gasteiger partial charge in [-0.05, 0) is 6.54 Å². The third-order valence-electron chi connectivity index (χ3n) is 1.69. The summed E-state index contributed by atoms with van der Waals surface area (Å²) in [6.45, 7) is 4.08. The average Bonchev–Trinajstić information content (AvgIpc) is 2.81. The molecule has 4 heteroatoms. The lowest BCUT2D eigenvalue weighted by Crippen LogP contribution is -2.36. The Hall–Kier alpha value is 0.170. The maximum Gasteiger partial charge on any atom is 0.0998 e. The van der Waals surface area contributed by atoms with Crippen molar-refractivity contribution in [2.45, 2.75) is 24.5 Å². The van der Waals surface area contributed by atoms with Gasteiger partial charge in [-0.3, -0.25) is 0 Å². The van der Waals surface area contributed by atoms with Crippen LogP contribution in [0.3, 0.4) is 0 Å². The summed E-state index contributed by atoms with van der Waals surface area (Å²) in [5, 5.41) is 12.2. The standard InChI is InChI=1S/C7H14ClNO2/c1-2-9-3-5(10)7(8)6-4-11-6/h5-7,9-10H,2-4H2,1H3. The topological polar surface area (TPSA) is 44.8 Å². The third kappa shape index (κ3) is 2.95. The number of hydrogen-bond acceptors (Lipinski definition) is 3. The molecule has 0 bridgehead atoms. The first kappa shape index (κ1) is 9.26. The molecule has 11 heavy (non-hydrogen) atoms. The maximum atomic E-state index is 9.38. The van der Waals surface area contributed by atoms with E-state index in [2.05, 4.69) is 5.32 Å². The first-order chi connectivity index (χ1) is 5.25. The molecule has 1 aliphatic rings. The molecule has 1 rings (SSSR count). The Kier molecular flexibility index (Phi) is 3.59. The molecule has 3 unspecified atom stereocenters. The lowest BCUT2D eigenvalue weighted by atomic mass is 10.2. The van der Waals surface area contributed by atoms with Crippen LogP contribution in [0, 0.1) is 0 Å². The number of alkyl halides is 1. The van der Waals surface area contributed by atoms with Crippen molar-refractivity contribution in [2.24, 2.45) is 0 Å². The molecule has 1 saturated heterocycles. The van der Waals surface area contributed by atoms with Crippen molar-refractivity contribution in [1.29, 1.82) is 0 Å². The van der Waals surface area contributed by atoms with E-state index in [9.17, 15) is 5.11 Å². The highest BCUT2D eigenvalue weighted by Gasteiger charge is 2.35. The second kappa shape index (κ2) is 4.26. The van der Waals surface area contributed by atoms with Gasteiger partial charge in [-0.1, -0.05) is 6.92 Å². The predicted octanol–water partition coefficient (Wildman–Crippen LogP) is -0.0370. The van der Waals surface area contributed by atoms with Crippen LogP contribution in [0.15, 0.2) is 0 Å². The van der Waals surface area contributed by atoms with Gasteiger partial charge in [0.05, 0.1) is 24.2 Å². The summed E-state index contributed by atoms with van der Waals surface area (Å²) < 4.78 is 4.95. The summed E-state index contributed by atoms with van der Waals surface area (Å²) in [5.74, 6) is 0. The molecular weight excluding hydrogens is 166 g/mol. The largest absolute Gasteiger partial charge is 0.390 e. The van der Waals surface area contributed by atoms with Crippen molar-refractivity contribution < 1.29 is 9.84 Å². The van der Waals surface area contributed by atoms with Gasteiger partial charge in [-0.15, -0.1) is 11.6 Å². The van der Waals surface area contributed by atoms with Gasteiger partial charge in [0.1, 0.15) is 0 Å². The minimum absolute atomic E-state index is 0.0744. The van der Waals surface area contributed by atoms with E-state index < -0.39 is 6.10 Å². The fourth-order valence-electron chi connectivity index (χ4n) is 0.892. The number of hydrogen-bond donors (Lipinski definition) is 2. The van der Waals surface area contributed by atoms with Crippen LogP contribution in [0.1, 0.15) is 6.92 Å². The van der Waals surface area contributed by atoms with Crippen molar-refractivity contribution in [3.05, 3.63) is 0 Å². The number of aliphatic hydroxyl groups is 1. The van der Waals surface area contributed by atoms with E-state index in [1.165, 1.54) is 0 Å². The van der Waals surface area contributed by atoms with Gasteiger partial charge >= 0.3 is 0 Å². The zero-order chi connectivity index (χ0) is 8.27. The summed E-state index contributed by atoms with van der Waals surface area (Å²) in [4.78, 5) is 0. The molecule has 0 aromatic heterocycles. The van der Waals surface area contributed by atoms with Gasteiger partial charge < -0.3 is 15.2 Å². The Morgan fingerprint density at radius 3 is 2.91 bits per heavy atom. The van der Waals surface area contributed by atoms with Crippen LogP contribution in [0.4, 0.5) is 0 Å². The second-order valence-electron chi connectivity index (χ2n) is 2.69. The SMILES string of the molecule is CCNCC(O)C(Cl)C1CO1. The van der Waals surface area contributed by atoms with Gasteiger partial charge in [0.25, 0.3) is 0 Å². The normalized spacial score (nSPS) is 28.1. The Morgan fingerprint density at radius 2 is 2.45 bits per heavy atom. The quantitative estimate of drug-likeness (QED) is 0.460. The third-order valence-corrected chi connectivity index (χ3v) is 2.26. The first-order valence-electron chi connectivity index (χ1n) is 3.90. The summed E-state index contributed by atoms with van der Waals surface area (Å²) in [5.41, 5.74) is 0. The maximum absolute atomic E-state index is 9.38. The molecule has 0 aromatic rings. The van der Waals surface area contributed by atoms with Gasteiger partial charge in [-0.2, -0.15) is 0 Å². The molecule has 2 N–H and O–H groups in total. The van der Waals surface area contributed by atoms with E-state index in [-0.39, 0.29) is 11.5 Å². The Balaban J connectivity index is 2.11. The molecule has 1 fully saturated rings. The average molecular weight is 180 g/mol. The summed E-state index contributed by atoms with van der Waals surface area (Å²) in [6.07, 6.45) is -0.422. The van der Waals surface area contributed by atoms with Crippen LogP contribution in [-0.4, -0.2) is 42.4 Å². The van der Waals surface area contributed by atoms with E-state index in [4.69, 9.17) is 16.3 Å². The number of likely N-dealkylation sites (N-methyl/N-ethyl adjacent to an activating group) is 1. The molecule has 0 amide bonds. The second-order valence-corrected chi connectivity index (χ2v) is 3.20. The molecule has 0 spiro atoms. The summed E-state index contributed by atoms with van der Waals surface area (Å²) in [7, 11) is 0. The summed E-state index contributed by atoms with van der Waals surface area (Å²) >= 11 is 5.85. The van der Waals surface area contributed by atoms with Crippen molar-refractivity contribution in [3.63, 3.8) is 0 Å². The molecule has 1 aliphatic heterocycles. The van der Waals surface area contributed by atoms with E-state index in [0.717, 1.165) is 6.54 Å². The molecule has 66 valence electrons. The number of halogens is 1. The van der Waals surface area contributed by atoms with Crippen LogP contribution in [0.5, 0.6) is 0 Å². The van der Waals surface area contributed by atoms with Crippen molar-refractivity contribution in [1.82, 2.24) is 5.32 Å². The lowest BCUT2D eigenvalue weighted by Gasteiger charge is -2.14. The number of rotatable bonds is 5. The zero-order valence-electron chi connectivity index (χ0n) is 6.59. The van der Waals surface area contributed by atoms with Crippen LogP contribution < -0.4 is 5.32 Å². The van der Waals surface area contributed by atoms with Gasteiger partial charge in [-0.25, -0.2) is 0 Å². The minimum atomic E-state index is -0.496. The van der Waals surface area contributed by atoms with Crippen molar-refractivity contribution >= 4 is 11.6 Å². The fourth-order valence-corrected chi connectivity index (χ4v) is 1.13. The number of epoxide rings is 1. The van der Waals surface area contributed by atoms with Crippen LogP contribution in [0.25, 0.3) is 0 Å². The molecular formula is C7H14ClNO2. The van der Waals surface area contributed by atoms with Crippen molar-refractivity contribution in [3.8, 4) is 0 Å².